The third kappa shape index (κ3) is 4.03. The van der Waals surface area contributed by atoms with Crippen LogP contribution in [0.15, 0.2) is 59.5 Å². The topological polar surface area (TPSA) is 69.7 Å². The van der Waals surface area contributed by atoms with Gasteiger partial charge in [0.15, 0.2) is 0 Å². The number of piperazine rings is 1. The van der Waals surface area contributed by atoms with Gasteiger partial charge in [-0.15, -0.1) is 0 Å². The predicted octanol–water partition coefficient (Wildman–Crippen LogP) is 2.04. The zero-order chi connectivity index (χ0) is 18.6. The third-order valence-corrected chi connectivity index (χ3v) is 6.21. The molecule has 138 valence electrons. The first-order chi connectivity index (χ1) is 12.5. The predicted molar refractivity (Wildman–Crippen MR) is 95.4 cm³/mol. The second-order valence-corrected chi connectivity index (χ2v) is 7.89. The van der Waals surface area contributed by atoms with Crippen LogP contribution in [0.25, 0.3) is 0 Å². The monoisotopic (exact) mass is 377 g/mol. The van der Waals surface area contributed by atoms with Crippen molar-refractivity contribution in [2.24, 2.45) is 0 Å². The van der Waals surface area contributed by atoms with E-state index in [4.69, 9.17) is 0 Å². The lowest BCUT2D eigenvalue weighted by atomic mass is 10.2. The number of halogens is 1. The number of carbonyl (C=O) groups excluding carboxylic acids is 1. The number of rotatable bonds is 4. The molecule has 1 saturated heterocycles. The van der Waals surface area contributed by atoms with E-state index < -0.39 is 10.0 Å². The van der Waals surface area contributed by atoms with E-state index in [0.29, 0.717) is 5.56 Å². The van der Waals surface area contributed by atoms with Gasteiger partial charge >= 0.3 is 6.03 Å². The van der Waals surface area contributed by atoms with Crippen LogP contribution >= 0.6 is 0 Å². The fourth-order valence-electron chi connectivity index (χ4n) is 2.80. The van der Waals surface area contributed by atoms with Gasteiger partial charge in [-0.25, -0.2) is 17.6 Å². The molecule has 26 heavy (non-hydrogen) atoms. The molecule has 2 aromatic carbocycles. The molecule has 1 heterocycles. The van der Waals surface area contributed by atoms with Gasteiger partial charge in [-0.3, -0.25) is 0 Å². The summed E-state index contributed by atoms with van der Waals surface area (Å²) in [5.74, 6) is -0.369. The van der Waals surface area contributed by atoms with E-state index >= 15 is 0 Å². The highest BCUT2D eigenvalue weighted by atomic mass is 32.2. The summed E-state index contributed by atoms with van der Waals surface area (Å²) >= 11 is 0. The average molecular weight is 377 g/mol. The molecule has 1 aliphatic heterocycles. The van der Waals surface area contributed by atoms with Crippen molar-refractivity contribution in [1.82, 2.24) is 14.5 Å². The molecule has 0 unspecified atom stereocenters. The lowest BCUT2D eigenvalue weighted by Crippen LogP contribution is -2.52. The summed E-state index contributed by atoms with van der Waals surface area (Å²) in [6.07, 6.45) is 0. The number of nitrogens with one attached hydrogen (secondary N) is 1. The first-order valence-electron chi connectivity index (χ1n) is 8.30. The summed E-state index contributed by atoms with van der Waals surface area (Å²) in [7, 11) is -3.55. The summed E-state index contributed by atoms with van der Waals surface area (Å²) in [6, 6.07) is 14.2. The van der Waals surface area contributed by atoms with Crippen LogP contribution in [0.1, 0.15) is 5.56 Å². The van der Waals surface area contributed by atoms with Crippen molar-refractivity contribution in [1.29, 1.82) is 0 Å². The normalized spacial score (nSPS) is 15.7. The van der Waals surface area contributed by atoms with Gasteiger partial charge in [0.1, 0.15) is 5.82 Å². The van der Waals surface area contributed by atoms with Gasteiger partial charge in [0.25, 0.3) is 0 Å². The molecule has 8 heteroatoms. The molecule has 1 aliphatic rings. The molecular formula is C18H20FN3O3S. The maximum Gasteiger partial charge on any atom is 0.317 e. The average Bonchev–Trinajstić information content (AvgIpc) is 2.68. The molecule has 0 spiro atoms. The Labute approximate surface area is 152 Å². The van der Waals surface area contributed by atoms with Crippen LogP contribution in [0.5, 0.6) is 0 Å². The van der Waals surface area contributed by atoms with Crippen LogP contribution < -0.4 is 5.32 Å². The number of amides is 2. The molecule has 0 saturated carbocycles. The number of hydrogen-bond donors (Lipinski definition) is 1. The van der Waals surface area contributed by atoms with Crippen molar-refractivity contribution in [3.8, 4) is 0 Å². The maximum absolute atomic E-state index is 13.6. The van der Waals surface area contributed by atoms with Gasteiger partial charge < -0.3 is 10.2 Å². The van der Waals surface area contributed by atoms with Gasteiger partial charge in [-0.05, 0) is 18.2 Å². The van der Waals surface area contributed by atoms with Gasteiger partial charge in [0, 0.05) is 38.3 Å². The molecule has 6 nitrogen and oxygen atoms in total. The zero-order valence-electron chi connectivity index (χ0n) is 14.1. The Kier molecular flexibility index (Phi) is 5.53. The Morgan fingerprint density at radius 1 is 0.962 bits per heavy atom. The smallest absolute Gasteiger partial charge is 0.317 e. The number of urea groups is 1. The second-order valence-electron chi connectivity index (χ2n) is 5.95. The van der Waals surface area contributed by atoms with Gasteiger partial charge in [0.05, 0.1) is 4.90 Å². The Morgan fingerprint density at radius 3 is 2.23 bits per heavy atom. The minimum Gasteiger partial charge on any atom is -0.334 e. The van der Waals surface area contributed by atoms with Crippen molar-refractivity contribution in [3.05, 3.63) is 66.0 Å². The van der Waals surface area contributed by atoms with Gasteiger partial charge in [-0.1, -0.05) is 36.4 Å². The van der Waals surface area contributed by atoms with E-state index in [0.717, 1.165) is 0 Å². The van der Waals surface area contributed by atoms with Crippen LogP contribution in [-0.2, 0) is 16.6 Å². The molecule has 2 amide bonds. The van der Waals surface area contributed by atoms with Gasteiger partial charge in [-0.2, -0.15) is 4.31 Å². The number of benzene rings is 2. The highest BCUT2D eigenvalue weighted by molar-refractivity contribution is 7.89. The molecule has 0 aromatic heterocycles. The maximum atomic E-state index is 13.6. The second kappa shape index (κ2) is 7.84. The van der Waals surface area contributed by atoms with E-state index in [2.05, 4.69) is 5.32 Å². The van der Waals surface area contributed by atoms with Crippen LogP contribution in [0.4, 0.5) is 9.18 Å². The molecule has 1 N–H and O–H groups in total. The number of carbonyl (C=O) groups is 1. The quantitative estimate of drug-likeness (QED) is 0.887. The van der Waals surface area contributed by atoms with Crippen molar-refractivity contribution >= 4 is 16.1 Å². The fourth-order valence-corrected chi connectivity index (χ4v) is 4.24. The molecule has 0 aliphatic carbocycles. The molecule has 0 atom stereocenters. The van der Waals surface area contributed by atoms with Crippen molar-refractivity contribution in [3.63, 3.8) is 0 Å². The molecule has 0 radical (unpaired) electrons. The van der Waals surface area contributed by atoms with E-state index in [1.165, 1.54) is 15.3 Å². The van der Waals surface area contributed by atoms with Crippen LogP contribution in [0.3, 0.4) is 0 Å². The Balaban J connectivity index is 1.55. The van der Waals surface area contributed by atoms with E-state index in [9.17, 15) is 17.6 Å². The molecule has 3 rings (SSSR count). The standard InChI is InChI=1S/C18H20FN3O3S/c19-17-9-5-4-6-15(17)14-20-18(23)21-10-12-22(13-11-21)26(24,25)16-7-2-1-3-8-16/h1-9H,10-14H2,(H,20,23). The summed E-state index contributed by atoms with van der Waals surface area (Å²) < 4.78 is 40.1. The van der Waals surface area contributed by atoms with Crippen molar-refractivity contribution in [2.75, 3.05) is 26.2 Å². The lowest BCUT2D eigenvalue weighted by molar-refractivity contribution is 0.172. The minimum absolute atomic E-state index is 0.0913. The molecule has 2 aromatic rings. The highest BCUT2D eigenvalue weighted by Gasteiger charge is 2.29. The van der Waals surface area contributed by atoms with Crippen molar-refractivity contribution in [2.45, 2.75) is 11.4 Å². The van der Waals surface area contributed by atoms with Gasteiger partial charge in [0.2, 0.25) is 10.0 Å². The van der Waals surface area contributed by atoms with Crippen molar-refractivity contribution < 1.29 is 17.6 Å². The first kappa shape index (κ1) is 18.3. The SMILES string of the molecule is O=C(NCc1ccccc1F)N1CCN(S(=O)(=O)c2ccccc2)CC1. The number of hydrogen-bond acceptors (Lipinski definition) is 3. The van der Waals surface area contributed by atoms with Crippen LogP contribution in [-0.4, -0.2) is 49.8 Å². The summed E-state index contributed by atoms with van der Waals surface area (Å²) in [4.78, 5) is 14.0. The molecule has 0 bridgehead atoms. The lowest BCUT2D eigenvalue weighted by Gasteiger charge is -2.34. The Morgan fingerprint density at radius 2 is 1.58 bits per heavy atom. The van der Waals surface area contributed by atoms with E-state index in [-0.39, 0.29) is 49.5 Å². The first-order valence-corrected chi connectivity index (χ1v) is 9.74. The Bertz CT molecular complexity index is 866. The Hall–Kier alpha value is -2.45. The van der Waals surface area contributed by atoms with E-state index in [1.54, 1.807) is 48.5 Å². The third-order valence-electron chi connectivity index (χ3n) is 4.29. The minimum atomic E-state index is -3.55. The summed E-state index contributed by atoms with van der Waals surface area (Å²) in [5.41, 5.74) is 0.408. The van der Waals surface area contributed by atoms with Crippen LogP contribution in [0, 0.1) is 5.82 Å². The number of nitrogens with zero attached hydrogens (tertiary/aromatic N) is 2. The summed E-state index contributed by atoms with van der Waals surface area (Å²) in [6.45, 7) is 1.12. The van der Waals surface area contributed by atoms with Crippen LogP contribution in [0.2, 0.25) is 0 Å². The largest absolute Gasteiger partial charge is 0.334 e. The van der Waals surface area contributed by atoms with E-state index in [1.807, 2.05) is 0 Å². The zero-order valence-corrected chi connectivity index (χ0v) is 15.0. The molecule has 1 fully saturated rings. The number of sulfonamides is 1. The molecular weight excluding hydrogens is 357 g/mol. The summed E-state index contributed by atoms with van der Waals surface area (Å²) in [5, 5.41) is 2.67. The fraction of sp³-hybridized carbons (Fsp3) is 0.278. The highest BCUT2D eigenvalue weighted by Crippen LogP contribution is 2.17.